The Kier molecular flexibility index (Phi) is 4.10. The van der Waals surface area contributed by atoms with E-state index in [1.54, 1.807) is 29.2 Å². The summed E-state index contributed by atoms with van der Waals surface area (Å²) in [5, 5.41) is 7.34. The van der Waals surface area contributed by atoms with Gasteiger partial charge in [-0.25, -0.2) is 5.10 Å². The molecule has 23 heavy (non-hydrogen) atoms. The molecule has 2 heterocycles. The first-order chi connectivity index (χ1) is 11.1. The predicted octanol–water partition coefficient (Wildman–Crippen LogP) is 0.651. The number of nitrogens with zero attached hydrogens (tertiary/aromatic N) is 2. The number of nitrogens with two attached hydrogens (primary N) is 1. The summed E-state index contributed by atoms with van der Waals surface area (Å²) in [6, 6.07) is 6.93. The van der Waals surface area contributed by atoms with Crippen molar-refractivity contribution in [3.63, 3.8) is 0 Å². The molecule has 1 aliphatic rings. The van der Waals surface area contributed by atoms with E-state index in [2.05, 4.69) is 10.2 Å². The zero-order chi connectivity index (χ0) is 16.4. The van der Waals surface area contributed by atoms with Crippen LogP contribution in [-0.2, 0) is 4.79 Å². The maximum atomic E-state index is 12.7. The highest BCUT2D eigenvalue weighted by atomic mass is 16.2. The lowest BCUT2D eigenvalue weighted by Gasteiger charge is -2.31. The Morgan fingerprint density at radius 3 is 2.52 bits per heavy atom. The van der Waals surface area contributed by atoms with E-state index in [-0.39, 0.29) is 29.0 Å². The topological polar surface area (TPSA) is 109 Å². The van der Waals surface area contributed by atoms with Crippen LogP contribution in [0.15, 0.2) is 29.1 Å². The van der Waals surface area contributed by atoms with E-state index in [4.69, 9.17) is 5.73 Å². The number of fused-ring (bicyclic) bond motifs is 1. The lowest BCUT2D eigenvalue weighted by Crippen LogP contribution is -2.40. The molecule has 1 aromatic carbocycles. The number of aromatic nitrogens is 2. The molecule has 2 amide bonds. The Bertz CT molecular complexity index is 806. The number of rotatable bonds is 3. The van der Waals surface area contributed by atoms with Crippen LogP contribution >= 0.6 is 0 Å². The highest BCUT2D eigenvalue weighted by molar-refractivity contribution is 6.04. The summed E-state index contributed by atoms with van der Waals surface area (Å²) in [5.74, 6) is -0.269. The fraction of sp³-hybridized carbons (Fsp3) is 0.375. The molecule has 120 valence electrons. The molecule has 0 radical (unpaired) electrons. The first-order valence-electron chi connectivity index (χ1n) is 7.61. The summed E-state index contributed by atoms with van der Waals surface area (Å²) >= 11 is 0. The molecular formula is C16H18N4O3. The van der Waals surface area contributed by atoms with Gasteiger partial charge in [-0.1, -0.05) is 18.2 Å². The maximum Gasteiger partial charge on any atom is 0.274 e. The fourth-order valence-electron chi connectivity index (χ4n) is 3.05. The highest BCUT2D eigenvalue weighted by Gasteiger charge is 2.26. The summed E-state index contributed by atoms with van der Waals surface area (Å²) < 4.78 is 0. The number of hydrogen-bond donors (Lipinski definition) is 2. The van der Waals surface area contributed by atoms with Crippen LogP contribution in [0.4, 0.5) is 0 Å². The summed E-state index contributed by atoms with van der Waals surface area (Å²) in [6.45, 7) is 1.12. The van der Waals surface area contributed by atoms with Gasteiger partial charge in [0.15, 0.2) is 5.69 Å². The molecule has 7 heteroatoms. The van der Waals surface area contributed by atoms with Gasteiger partial charge in [-0.05, 0) is 24.8 Å². The molecule has 3 rings (SSSR count). The third-order valence-electron chi connectivity index (χ3n) is 4.29. The summed E-state index contributed by atoms with van der Waals surface area (Å²) in [4.78, 5) is 37.2. The first kappa shape index (κ1) is 15.2. The van der Waals surface area contributed by atoms with Crippen molar-refractivity contribution >= 4 is 22.6 Å². The highest BCUT2D eigenvalue weighted by Crippen LogP contribution is 2.22. The minimum absolute atomic E-state index is 0.199. The SMILES string of the molecule is NC(=O)CC1CCN(C(=O)c2n[nH]c(=O)c3ccccc23)CC1. The molecule has 0 bridgehead atoms. The fourth-order valence-corrected chi connectivity index (χ4v) is 3.05. The van der Waals surface area contributed by atoms with Crippen molar-refractivity contribution in [3.05, 3.63) is 40.3 Å². The van der Waals surface area contributed by atoms with Crippen molar-refractivity contribution in [3.8, 4) is 0 Å². The lowest BCUT2D eigenvalue weighted by molar-refractivity contribution is -0.119. The minimum atomic E-state index is -0.308. The van der Waals surface area contributed by atoms with Gasteiger partial charge in [-0.3, -0.25) is 14.4 Å². The van der Waals surface area contributed by atoms with Crippen molar-refractivity contribution in [2.75, 3.05) is 13.1 Å². The largest absolute Gasteiger partial charge is 0.370 e. The minimum Gasteiger partial charge on any atom is -0.370 e. The molecule has 7 nitrogen and oxygen atoms in total. The van der Waals surface area contributed by atoms with Crippen molar-refractivity contribution in [1.82, 2.24) is 15.1 Å². The number of nitrogens with one attached hydrogen (secondary N) is 1. The maximum absolute atomic E-state index is 12.7. The van der Waals surface area contributed by atoms with Crippen LogP contribution < -0.4 is 11.3 Å². The van der Waals surface area contributed by atoms with Crippen molar-refractivity contribution < 1.29 is 9.59 Å². The van der Waals surface area contributed by atoms with Crippen molar-refractivity contribution in [1.29, 1.82) is 0 Å². The second kappa shape index (κ2) is 6.20. The van der Waals surface area contributed by atoms with Crippen LogP contribution in [0.25, 0.3) is 10.8 Å². The number of aromatic amines is 1. The Hall–Kier alpha value is -2.70. The number of amides is 2. The van der Waals surface area contributed by atoms with Crippen LogP contribution in [-0.4, -0.2) is 40.0 Å². The van der Waals surface area contributed by atoms with Crippen LogP contribution in [0.2, 0.25) is 0 Å². The number of primary amides is 1. The van der Waals surface area contributed by atoms with Gasteiger partial charge < -0.3 is 10.6 Å². The molecule has 1 aliphatic heterocycles. The molecule has 2 aromatic rings. The zero-order valence-corrected chi connectivity index (χ0v) is 12.6. The average Bonchev–Trinajstić information content (AvgIpc) is 2.55. The molecule has 1 fully saturated rings. The van der Waals surface area contributed by atoms with E-state index in [1.807, 2.05) is 0 Å². The van der Waals surface area contributed by atoms with E-state index >= 15 is 0 Å². The monoisotopic (exact) mass is 314 g/mol. The van der Waals surface area contributed by atoms with Gasteiger partial charge in [0.1, 0.15) is 0 Å². The van der Waals surface area contributed by atoms with E-state index in [1.165, 1.54) is 0 Å². The Morgan fingerprint density at radius 1 is 1.22 bits per heavy atom. The van der Waals surface area contributed by atoms with E-state index < -0.39 is 0 Å². The molecule has 0 saturated carbocycles. The zero-order valence-electron chi connectivity index (χ0n) is 12.6. The van der Waals surface area contributed by atoms with Crippen LogP contribution in [0.5, 0.6) is 0 Å². The van der Waals surface area contributed by atoms with Gasteiger partial charge in [0.25, 0.3) is 11.5 Å². The molecule has 0 spiro atoms. The normalized spacial score (nSPS) is 15.7. The lowest BCUT2D eigenvalue weighted by atomic mass is 9.93. The third-order valence-corrected chi connectivity index (χ3v) is 4.29. The Balaban J connectivity index is 1.81. The summed E-state index contributed by atoms with van der Waals surface area (Å²) in [5.41, 5.74) is 5.17. The summed E-state index contributed by atoms with van der Waals surface area (Å²) in [6.07, 6.45) is 1.85. The Morgan fingerprint density at radius 2 is 1.87 bits per heavy atom. The molecule has 0 unspecified atom stereocenters. The van der Waals surface area contributed by atoms with Gasteiger partial charge in [-0.2, -0.15) is 5.10 Å². The molecule has 0 atom stereocenters. The number of carbonyl (C=O) groups excluding carboxylic acids is 2. The second-order valence-electron chi connectivity index (χ2n) is 5.85. The molecular weight excluding hydrogens is 296 g/mol. The van der Waals surface area contributed by atoms with E-state index in [0.29, 0.717) is 30.3 Å². The predicted molar refractivity (Wildman–Crippen MR) is 84.8 cm³/mol. The molecule has 3 N–H and O–H groups in total. The number of H-pyrrole nitrogens is 1. The van der Waals surface area contributed by atoms with Crippen molar-refractivity contribution in [2.24, 2.45) is 11.7 Å². The number of hydrogen-bond acceptors (Lipinski definition) is 4. The van der Waals surface area contributed by atoms with Gasteiger partial charge in [-0.15, -0.1) is 0 Å². The van der Waals surface area contributed by atoms with Crippen LogP contribution in [0, 0.1) is 5.92 Å². The van der Waals surface area contributed by atoms with Gasteiger partial charge in [0.2, 0.25) is 5.91 Å². The van der Waals surface area contributed by atoms with Gasteiger partial charge in [0.05, 0.1) is 5.39 Å². The van der Waals surface area contributed by atoms with E-state index in [0.717, 1.165) is 12.8 Å². The van der Waals surface area contributed by atoms with Crippen LogP contribution in [0.1, 0.15) is 29.8 Å². The molecule has 1 aromatic heterocycles. The average molecular weight is 314 g/mol. The smallest absolute Gasteiger partial charge is 0.274 e. The Labute approximate surface area is 132 Å². The van der Waals surface area contributed by atoms with Gasteiger partial charge >= 0.3 is 0 Å². The van der Waals surface area contributed by atoms with Crippen LogP contribution in [0.3, 0.4) is 0 Å². The first-order valence-corrected chi connectivity index (χ1v) is 7.61. The second-order valence-corrected chi connectivity index (χ2v) is 5.85. The van der Waals surface area contributed by atoms with Crippen molar-refractivity contribution in [2.45, 2.75) is 19.3 Å². The number of likely N-dealkylation sites (tertiary alicyclic amines) is 1. The number of carbonyl (C=O) groups is 2. The standard InChI is InChI=1S/C16H18N4O3/c17-13(21)9-10-5-7-20(8-6-10)16(23)14-11-3-1-2-4-12(11)15(22)19-18-14/h1-4,10H,5-9H2,(H2,17,21)(H,19,22). The van der Waals surface area contributed by atoms with E-state index in [9.17, 15) is 14.4 Å². The molecule has 1 saturated heterocycles. The number of benzene rings is 1. The quantitative estimate of drug-likeness (QED) is 0.866. The molecule has 0 aliphatic carbocycles. The third kappa shape index (κ3) is 3.08. The number of piperidine rings is 1. The van der Waals surface area contributed by atoms with Gasteiger partial charge in [0, 0.05) is 24.9 Å². The summed E-state index contributed by atoms with van der Waals surface area (Å²) in [7, 11) is 0.